The number of nitrogens with one attached hydrogen (secondary N) is 2. The Morgan fingerprint density at radius 2 is 1.86 bits per heavy atom. The van der Waals surface area contributed by atoms with Gasteiger partial charge in [-0.05, 0) is 25.1 Å². The molecule has 2 aromatic rings. The Balaban J connectivity index is 2.27. The van der Waals surface area contributed by atoms with Crippen LogP contribution in [0.3, 0.4) is 0 Å². The topological polar surface area (TPSA) is 96.1 Å². The first-order chi connectivity index (χ1) is 9.79. The normalized spacial score (nSPS) is 11.1. The van der Waals surface area contributed by atoms with Gasteiger partial charge in [-0.3, -0.25) is 9.59 Å². The van der Waals surface area contributed by atoms with E-state index in [0.717, 1.165) is 17.8 Å². The van der Waals surface area contributed by atoms with Crippen LogP contribution in [0.4, 0.5) is 0 Å². The van der Waals surface area contributed by atoms with Crippen LogP contribution >= 0.6 is 11.6 Å². The average Bonchev–Trinajstić information content (AvgIpc) is 2.41. The summed E-state index contributed by atoms with van der Waals surface area (Å²) >= 11 is 5.59. The van der Waals surface area contributed by atoms with E-state index in [2.05, 4.69) is 4.98 Å². The molecule has 0 aliphatic rings. The van der Waals surface area contributed by atoms with Gasteiger partial charge in [0, 0.05) is 6.20 Å². The molecule has 0 fully saturated rings. The second kappa shape index (κ2) is 5.71. The summed E-state index contributed by atoms with van der Waals surface area (Å²) in [5.41, 5.74) is 0.276. The number of hydrogen-bond donors (Lipinski definition) is 2. The van der Waals surface area contributed by atoms with Gasteiger partial charge in [-0.2, -0.15) is 0 Å². The highest BCUT2D eigenvalue weighted by molar-refractivity contribution is 7.90. The molecule has 0 atom stereocenters. The second-order valence-electron chi connectivity index (χ2n) is 4.31. The van der Waals surface area contributed by atoms with Gasteiger partial charge in [0.25, 0.3) is 21.5 Å². The Morgan fingerprint density at radius 3 is 2.43 bits per heavy atom. The molecule has 1 aromatic carbocycles. The zero-order valence-corrected chi connectivity index (χ0v) is 12.5. The third-order valence-electron chi connectivity index (χ3n) is 2.68. The molecule has 0 aliphatic heterocycles. The molecule has 0 unspecified atom stereocenters. The van der Waals surface area contributed by atoms with Gasteiger partial charge < -0.3 is 4.98 Å². The zero-order valence-electron chi connectivity index (χ0n) is 10.9. The molecule has 0 saturated carbocycles. The van der Waals surface area contributed by atoms with Crippen molar-refractivity contribution in [3.05, 3.63) is 63.0 Å². The molecule has 0 bridgehead atoms. The molecule has 1 amide bonds. The van der Waals surface area contributed by atoms with E-state index in [1.807, 2.05) is 11.6 Å². The van der Waals surface area contributed by atoms with Crippen molar-refractivity contribution in [2.45, 2.75) is 11.8 Å². The Bertz CT molecular complexity index is 841. The number of rotatable bonds is 3. The van der Waals surface area contributed by atoms with E-state index in [4.69, 9.17) is 11.6 Å². The number of hydrogen-bond acceptors (Lipinski definition) is 4. The summed E-state index contributed by atoms with van der Waals surface area (Å²) in [5.74, 6) is -0.881. The Labute approximate surface area is 125 Å². The van der Waals surface area contributed by atoms with E-state index in [0.29, 0.717) is 0 Å². The molecule has 8 heteroatoms. The number of benzene rings is 1. The minimum atomic E-state index is -3.98. The van der Waals surface area contributed by atoms with Gasteiger partial charge in [-0.1, -0.05) is 29.3 Å². The summed E-state index contributed by atoms with van der Waals surface area (Å²) in [6, 6.07) is 7.13. The number of pyridine rings is 1. The van der Waals surface area contributed by atoms with Crippen molar-refractivity contribution in [3.63, 3.8) is 0 Å². The number of aromatic nitrogens is 1. The monoisotopic (exact) mass is 326 g/mol. The van der Waals surface area contributed by atoms with Crippen LogP contribution in [-0.4, -0.2) is 19.3 Å². The molecule has 110 valence electrons. The smallest absolute Gasteiger partial charge is 0.266 e. The lowest BCUT2D eigenvalue weighted by atomic mass is 10.2. The summed E-state index contributed by atoms with van der Waals surface area (Å²) in [6.45, 7) is 1.82. The summed E-state index contributed by atoms with van der Waals surface area (Å²) in [4.78, 5) is 25.2. The highest BCUT2D eigenvalue weighted by atomic mass is 35.5. The number of amides is 1. The molecule has 2 rings (SSSR count). The molecule has 1 heterocycles. The fourth-order valence-electron chi connectivity index (χ4n) is 1.54. The van der Waals surface area contributed by atoms with Crippen molar-refractivity contribution in [2.24, 2.45) is 0 Å². The number of aryl methyl sites for hydroxylation is 1. The van der Waals surface area contributed by atoms with Crippen LogP contribution in [0.25, 0.3) is 0 Å². The molecule has 0 aliphatic carbocycles. The van der Waals surface area contributed by atoms with Crippen LogP contribution in [0.2, 0.25) is 5.02 Å². The first-order valence-electron chi connectivity index (χ1n) is 5.81. The lowest BCUT2D eigenvalue weighted by Crippen LogP contribution is -2.31. The summed E-state index contributed by atoms with van der Waals surface area (Å²) in [6.07, 6.45) is 1.09. The van der Waals surface area contributed by atoms with Crippen molar-refractivity contribution in [1.82, 2.24) is 9.71 Å². The average molecular weight is 327 g/mol. The van der Waals surface area contributed by atoms with Gasteiger partial charge in [0.1, 0.15) is 5.02 Å². The van der Waals surface area contributed by atoms with Crippen molar-refractivity contribution < 1.29 is 13.2 Å². The first kappa shape index (κ1) is 15.3. The van der Waals surface area contributed by atoms with Crippen LogP contribution in [-0.2, 0) is 10.0 Å². The molecule has 2 N–H and O–H groups in total. The van der Waals surface area contributed by atoms with Crippen molar-refractivity contribution in [1.29, 1.82) is 0 Å². The minimum Gasteiger partial charge on any atom is -0.327 e. The number of H-pyrrole nitrogens is 1. The van der Waals surface area contributed by atoms with Crippen LogP contribution in [0, 0.1) is 6.92 Å². The van der Waals surface area contributed by atoms with Crippen LogP contribution < -0.4 is 10.3 Å². The lowest BCUT2D eigenvalue weighted by Gasteiger charge is -2.07. The zero-order chi connectivity index (χ0) is 15.6. The Kier molecular flexibility index (Phi) is 4.15. The second-order valence-corrected chi connectivity index (χ2v) is 6.40. The van der Waals surface area contributed by atoms with Crippen molar-refractivity contribution in [3.8, 4) is 0 Å². The molecule has 0 radical (unpaired) electrons. The fourth-order valence-corrected chi connectivity index (χ4v) is 2.69. The predicted octanol–water partition coefficient (Wildman–Crippen LogP) is 1.46. The third-order valence-corrected chi connectivity index (χ3v) is 4.31. The molecule has 0 spiro atoms. The third kappa shape index (κ3) is 3.50. The molecule has 0 saturated heterocycles. The van der Waals surface area contributed by atoms with Crippen LogP contribution in [0.5, 0.6) is 0 Å². The van der Waals surface area contributed by atoms with Gasteiger partial charge >= 0.3 is 0 Å². The van der Waals surface area contributed by atoms with E-state index < -0.39 is 21.5 Å². The highest BCUT2D eigenvalue weighted by Gasteiger charge is 2.19. The lowest BCUT2D eigenvalue weighted by molar-refractivity contribution is 0.0981. The van der Waals surface area contributed by atoms with Gasteiger partial charge in [0.2, 0.25) is 0 Å². The summed E-state index contributed by atoms with van der Waals surface area (Å²) in [7, 11) is -3.98. The number of carbonyl (C=O) groups is 1. The fraction of sp³-hybridized carbons (Fsp3) is 0.0769. The summed E-state index contributed by atoms with van der Waals surface area (Å²) in [5, 5.41) is -0.199. The Morgan fingerprint density at radius 1 is 1.24 bits per heavy atom. The van der Waals surface area contributed by atoms with Gasteiger partial charge in [0.05, 0.1) is 10.5 Å². The van der Waals surface area contributed by atoms with Crippen LogP contribution in [0.15, 0.2) is 46.2 Å². The molecule has 1 aromatic heterocycles. The number of aromatic amines is 1. The van der Waals surface area contributed by atoms with E-state index >= 15 is 0 Å². The Hall–Kier alpha value is -2.12. The van der Waals surface area contributed by atoms with E-state index in [-0.39, 0.29) is 15.5 Å². The summed E-state index contributed by atoms with van der Waals surface area (Å²) < 4.78 is 26.0. The first-order valence-corrected chi connectivity index (χ1v) is 7.68. The highest BCUT2D eigenvalue weighted by Crippen LogP contribution is 2.11. The standard InChI is InChI=1S/C13H11ClN2O4S/c1-8-2-4-10(5-3-8)21(19,20)16-12(17)9-6-11(14)13(18)15-7-9/h2-7H,1H3,(H,15,18)(H,16,17). The maximum absolute atomic E-state index is 12.0. The molecule has 6 nitrogen and oxygen atoms in total. The predicted molar refractivity (Wildman–Crippen MR) is 77.9 cm³/mol. The maximum Gasteiger partial charge on any atom is 0.266 e. The maximum atomic E-state index is 12.0. The van der Waals surface area contributed by atoms with Gasteiger partial charge in [-0.25, -0.2) is 13.1 Å². The number of sulfonamides is 1. The van der Waals surface area contributed by atoms with Gasteiger partial charge in [-0.15, -0.1) is 0 Å². The van der Waals surface area contributed by atoms with E-state index in [9.17, 15) is 18.0 Å². The van der Waals surface area contributed by atoms with Crippen molar-refractivity contribution >= 4 is 27.5 Å². The van der Waals surface area contributed by atoms with E-state index in [1.165, 1.54) is 12.1 Å². The molecular formula is C13H11ClN2O4S. The largest absolute Gasteiger partial charge is 0.327 e. The van der Waals surface area contributed by atoms with Crippen molar-refractivity contribution in [2.75, 3.05) is 0 Å². The quantitative estimate of drug-likeness (QED) is 0.892. The molecular weight excluding hydrogens is 316 g/mol. The number of halogens is 1. The SMILES string of the molecule is Cc1ccc(S(=O)(=O)NC(=O)c2c[nH]c(=O)c(Cl)c2)cc1. The number of carbonyl (C=O) groups excluding carboxylic acids is 1. The molecule has 21 heavy (non-hydrogen) atoms. The van der Waals surface area contributed by atoms with Crippen LogP contribution in [0.1, 0.15) is 15.9 Å². The van der Waals surface area contributed by atoms with Gasteiger partial charge in [0.15, 0.2) is 0 Å². The minimum absolute atomic E-state index is 0.0306. The van der Waals surface area contributed by atoms with E-state index in [1.54, 1.807) is 12.1 Å².